The normalized spacial score (nSPS) is 12.2. The molecule has 5 nitrogen and oxygen atoms in total. The van der Waals surface area contributed by atoms with Crippen molar-refractivity contribution < 1.29 is 4.84 Å². The van der Waals surface area contributed by atoms with Gasteiger partial charge in [0.15, 0.2) is 0 Å². The molecule has 0 spiro atoms. The highest BCUT2D eigenvalue weighted by Gasteiger charge is 2.13. The number of nitrogens with one attached hydrogen (secondary N) is 1. The number of hydrogen-bond acceptors (Lipinski definition) is 4. The Morgan fingerprint density at radius 3 is 2.92 bits per heavy atom. The average Bonchev–Trinajstić information content (AvgIpc) is 2.93. The number of pyridine rings is 1. The van der Waals surface area contributed by atoms with Gasteiger partial charge in [0.1, 0.15) is 11.3 Å². The molecule has 0 aliphatic rings. The second-order valence-electron chi connectivity index (χ2n) is 5.92. The molecule has 5 heteroatoms. The first-order valence-electron chi connectivity index (χ1n) is 8.43. The summed E-state index contributed by atoms with van der Waals surface area (Å²) in [5.74, 6) is 1.14. The summed E-state index contributed by atoms with van der Waals surface area (Å²) in [6, 6.07) is 8.27. The van der Waals surface area contributed by atoms with Crippen LogP contribution >= 0.6 is 0 Å². The zero-order valence-corrected chi connectivity index (χ0v) is 14.5. The molecule has 0 saturated heterocycles. The van der Waals surface area contributed by atoms with Crippen LogP contribution in [0, 0.1) is 0 Å². The van der Waals surface area contributed by atoms with E-state index >= 15 is 0 Å². The van der Waals surface area contributed by atoms with Crippen molar-refractivity contribution >= 4 is 21.9 Å². The van der Waals surface area contributed by atoms with Gasteiger partial charge >= 0.3 is 0 Å². The molecule has 126 valence electrons. The van der Waals surface area contributed by atoms with Crippen LogP contribution < -0.4 is 5.48 Å². The number of hydroxylamine groups is 1. The summed E-state index contributed by atoms with van der Waals surface area (Å²) in [5.41, 5.74) is 7.06. The van der Waals surface area contributed by atoms with E-state index in [1.54, 1.807) is 7.11 Å². The summed E-state index contributed by atoms with van der Waals surface area (Å²) < 4.78 is 2.35. The SMILES string of the molecule is CCCc1nc2cnc3ccccc3c2n1CCC=C(C)NOC. The van der Waals surface area contributed by atoms with Gasteiger partial charge < -0.3 is 4.57 Å². The van der Waals surface area contributed by atoms with Gasteiger partial charge in [-0.2, -0.15) is 0 Å². The van der Waals surface area contributed by atoms with Crippen molar-refractivity contribution in [1.29, 1.82) is 0 Å². The van der Waals surface area contributed by atoms with Gasteiger partial charge in [-0.15, -0.1) is 0 Å². The van der Waals surface area contributed by atoms with E-state index in [0.29, 0.717) is 0 Å². The lowest BCUT2D eigenvalue weighted by molar-refractivity contribution is 0.118. The summed E-state index contributed by atoms with van der Waals surface area (Å²) in [4.78, 5) is 14.3. The molecular weight excluding hydrogens is 300 g/mol. The van der Waals surface area contributed by atoms with Crippen LogP contribution in [0.25, 0.3) is 21.9 Å². The smallest absolute Gasteiger partial charge is 0.109 e. The lowest BCUT2D eigenvalue weighted by Gasteiger charge is -2.09. The Kier molecular flexibility index (Phi) is 5.11. The van der Waals surface area contributed by atoms with Crippen LogP contribution in [-0.4, -0.2) is 21.6 Å². The van der Waals surface area contributed by atoms with E-state index < -0.39 is 0 Å². The molecule has 0 fully saturated rings. The number of aromatic nitrogens is 3. The molecule has 24 heavy (non-hydrogen) atoms. The molecule has 2 aromatic heterocycles. The van der Waals surface area contributed by atoms with Gasteiger partial charge in [-0.25, -0.2) is 4.98 Å². The first-order valence-corrected chi connectivity index (χ1v) is 8.43. The Hall–Kier alpha value is -2.40. The number of rotatable bonds is 7. The lowest BCUT2D eigenvalue weighted by atomic mass is 10.2. The van der Waals surface area contributed by atoms with E-state index in [9.17, 15) is 0 Å². The van der Waals surface area contributed by atoms with Crippen molar-refractivity contribution in [2.24, 2.45) is 0 Å². The molecular formula is C19H24N4O. The molecule has 0 saturated carbocycles. The van der Waals surface area contributed by atoms with E-state index in [4.69, 9.17) is 9.82 Å². The zero-order chi connectivity index (χ0) is 16.9. The summed E-state index contributed by atoms with van der Waals surface area (Å²) in [7, 11) is 1.62. The van der Waals surface area contributed by atoms with Gasteiger partial charge in [-0.1, -0.05) is 31.2 Å². The molecule has 0 aliphatic carbocycles. The van der Waals surface area contributed by atoms with Gasteiger partial charge in [-0.3, -0.25) is 15.3 Å². The highest BCUT2D eigenvalue weighted by Crippen LogP contribution is 2.25. The van der Waals surface area contributed by atoms with Crippen molar-refractivity contribution in [2.45, 2.75) is 39.7 Å². The highest BCUT2D eigenvalue weighted by molar-refractivity contribution is 6.02. The molecule has 0 atom stereocenters. The average molecular weight is 324 g/mol. The Morgan fingerprint density at radius 2 is 2.12 bits per heavy atom. The van der Waals surface area contributed by atoms with Crippen LogP contribution in [-0.2, 0) is 17.8 Å². The first kappa shape index (κ1) is 16.5. The lowest BCUT2D eigenvalue weighted by Crippen LogP contribution is -2.09. The van der Waals surface area contributed by atoms with E-state index in [0.717, 1.165) is 48.4 Å². The fraction of sp³-hybridized carbons (Fsp3) is 0.368. The topological polar surface area (TPSA) is 52.0 Å². The van der Waals surface area contributed by atoms with Crippen molar-refractivity contribution in [3.05, 3.63) is 48.1 Å². The number of benzene rings is 1. The van der Waals surface area contributed by atoms with E-state index in [1.807, 2.05) is 19.2 Å². The maximum atomic E-state index is 4.94. The maximum Gasteiger partial charge on any atom is 0.109 e. The zero-order valence-electron chi connectivity index (χ0n) is 14.5. The first-order chi connectivity index (χ1) is 11.7. The van der Waals surface area contributed by atoms with Crippen molar-refractivity contribution in [3.8, 4) is 0 Å². The minimum Gasteiger partial charge on any atom is -0.327 e. The van der Waals surface area contributed by atoms with Crippen molar-refractivity contribution in [2.75, 3.05) is 7.11 Å². The van der Waals surface area contributed by atoms with E-state index in [2.05, 4.69) is 46.2 Å². The number of imidazole rings is 1. The summed E-state index contributed by atoms with van der Waals surface area (Å²) >= 11 is 0. The third kappa shape index (κ3) is 3.26. The molecule has 1 N–H and O–H groups in total. The second-order valence-corrected chi connectivity index (χ2v) is 5.92. The number of allylic oxidation sites excluding steroid dienone is 2. The minimum atomic E-state index is 0.891. The van der Waals surface area contributed by atoms with Crippen LogP contribution in [0.3, 0.4) is 0 Å². The maximum absolute atomic E-state index is 4.94. The summed E-state index contributed by atoms with van der Waals surface area (Å²) in [6.07, 6.45) is 7.01. The molecule has 3 aromatic rings. The van der Waals surface area contributed by atoms with Crippen molar-refractivity contribution in [3.63, 3.8) is 0 Å². The molecule has 1 aromatic carbocycles. The predicted octanol–water partition coefficient (Wildman–Crippen LogP) is 3.98. The van der Waals surface area contributed by atoms with E-state index in [1.165, 1.54) is 10.9 Å². The summed E-state index contributed by atoms with van der Waals surface area (Å²) in [5, 5.41) is 1.17. The number of aryl methyl sites for hydroxylation is 2. The van der Waals surface area contributed by atoms with Crippen LogP contribution in [0.1, 0.15) is 32.5 Å². The number of fused-ring (bicyclic) bond motifs is 3. The second kappa shape index (κ2) is 7.45. The van der Waals surface area contributed by atoms with Crippen LogP contribution in [0.4, 0.5) is 0 Å². The third-order valence-corrected chi connectivity index (χ3v) is 4.10. The fourth-order valence-corrected chi connectivity index (χ4v) is 3.08. The molecule has 0 bridgehead atoms. The largest absolute Gasteiger partial charge is 0.327 e. The molecule has 0 radical (unpaired) electrons. The molecule has 0 amide bonds. The number of hydrogen-bond donors (Lipinski definition) is 1. The fourth-order valence-electron chi connectivity index (χ4n) is 3.08. The quantitative estimate of drug-likeness (QED) is 0.668. The molecule has 0 aliphatic heterocycles. The van der Waals surface area contributed by atoms with Crippen LogP contribution in [0.2, 0.25) is 0 Å². The Bertz CT molecular complexity index is 866. The van der Waals surface area contributed by atoms with Crippen LogP contribution in [0.15, 0.2) is 42.2 Å². The molecule has 3 rings (SSSR count). The highest BCUT2D eigenvalue weighted by atomic mass is 16.6. The van der Waals surface area contributed by atoms with Gasteiger partial charge in [-0.05, 0) is 25.8 Å². The summed E-state index contributed by atoms with van der Waals surface area (Å²) in [6.45, 7) is 5.08. The Labute approximate surface area is 142 Å². The van der Waals surface area contributed by atoms with Crippen molar-refractivity contribution in [1.82, 2.24) is 20.0 Å². The molecule has 0 unspecified atom stereocenters. The number of para-hydroxylation sites is 1. The van der Waals surface area contributed by atoms with Gasteiger partial charge in [0, 0.05) is 24.0 Å². The van der Waals surface area contributed by atoms with E-state index in [-0.39, 0.29) is 0 Å². The monoisotopic (exact) mass is 324 g/mol. The van der Waals surface area contributed by atoms with Gasteiger partial charge in [0.2, 0.25) is 0 Å². The van der Waals surface area contributed by atoms with Gasteiger partial charge in [0.25, 0.3) is 0 Å². The predicted molar refractivity (Wildman–Crippen MR) is 97.5 cm³/mol. The number of nitrogens with zero attached hydrogens (tertiary/aromatic N) is 3. The molecule has 2 heterocycles. The van der Waals surface area contributed by atoms with Gasteiger partial charge in [0.05, 0.1) is 24.3 Å². The minimum absolute atomic E-state index is 0.891. The Morgan fingerprint density at radius 1 is 1.29 bits per heavy atom. The third-order valence-electron chi connectivity index (χ3n) is 4.10. The Balaban J connectivity index is 2.04. The van der Waals surface area contributed by atoms with Crippen LogP contribution in [0.5, 0.6) is 0 Å². The standard InChI is InChI=1S/C19H24N4O/c1-4-8-18-21-17-13-20-16-11-6-5-10-15(16)19(17)23(18)12-7-9-14(2)22-24-3/h5-6,9-11,13,22H,4,7-8,12H2,1-3H3.